The Labute approximate surface area is 79.5 Å². The molecule has 1 aromatic rings. The Hall–Kier alpha value is -0.390. The molecule has 0 radical (unpaired) electrons. The summed E-state index contributed by atoms with van der Waals surface area (Å²) in [4.78, 5) is 0. The van der Waals surface area contributed by atoms with Crippen LogP contribution in [0.25, 0.3) is 0 Å². The third-order valence-corrected chi connectivity index (χ3v) is 2.15. The topological polar surface area (TPSA) is 64.1 Å². The number of aliphatic hydroxyl groups excluding tert-OH is 1. The fourth-order valence-electron chi connectivity index (χ4n) is 1.05. The fraction of sp³-hybridized carbons (Fsp3) is 0.571. The Kier molecular flexibility index (Phi) is 2.55. The Morgan fingerprint density at radius 1 is 1.83 bits per heavy atom. The molecular formula is C7H12BrN3O. The molecular weight excluding hydrogens is 222 g/mol. The monoisotopic (exact) mass is 233 g/mol. The number of aliphatic hydroxyl groups is 1. The lowest BCUT2D eigenvalue weighted by Gasteiger charge is -2.21. The number of halogens is 1. The summed E-state index contributed by atoms with van der Waals surface area (Å²) in [5.41, 5.74) is 5.89. The highest BCUT2D eigenvalue weighted by molar-refractivity contribution is 9.10. The van der Waals surface area contributed by atoms with E-state index >= 15 is 0 Å². The highest BCUT2D eigenvalue weighted by atomic mass is 79.9. The van der Waals surface area contributed by atoms with Crippen molar-refractivity contribution < 1.29 is 5.11 Å². The molecule has 0 aliphatic heterocycles. The number of aromatic nitrogens is 2. The van der Waals surface area contributed by atoms with Crippen molar-refractivity contribution >= 4 is 15.9 Å². The number of hydrogen-bond donors (Lipinski definition) is 2. The molecule has 3 N–H and O–H groups in total. The van der Waals surface area contributed by atoms with Gasteiger partial charge >= 0.3 is 0 Å². The van der Waals surface area contributed by atoms with E-state index in [-0.39, 0.29) is 6.61 Å². The molecule has 0 fully saturated rings. The number of hydrogen-bond acceptors (Lipinski definition) is 3. The minimum atomic E-state index is -0.728. The summed E-state index contributed by atoms with van der Waals surface area (Å²) in [5, 5.41) is 13.1. The van der Waals surface area contributed by atoms with Crippen LogP contribution in [0, 0.1) is 0 Å². The number of rotatable bonds is 2. The van der Waals surface area contributed by atoms with Crippen molar-refractivity contribution in [1.29, 1.82) is 0 Å². The molecule has 1 heterocycles. The van der Waals surface area contributed by atoms with E-state index in [4.69, 9.17) is 10.8 Å². The molecule has 4 nitrogen and oxygen atoms in total. The molecule has 0 spiro atoms. The molecule has 0 saturated carbocycles. The van der Waals surface area contributed by atoms with Crippen molar-refractivity contribution in [1.82, 2.24) is 9.78 Å². The van der Waals surface area contributed by atoms with Gasteiger partial charge in [-0.1, -0.05) is 0 Å². The summed E-state index contributed by atoms with van der Waals surface area (Å²) in [6.07, 6.45) is 0. The SMILES string of the molecule is Cn1nc(Br)cc1C(C)(N)CO. The molecule has 12 heavy (non-hydrogen) atoms. The van der Waals surface area contributed by atoms with Crippen molar-refractivity contribution in [2.24, 2.45) is 12.8 Å². The quantitative estimate of drug-likeness (QED) is 0.775. The maximum atomic E-state index is 9.00. The van der Waals surface area contributed by atoms with Crippen molar-refractivity contribution in [3.05, 3.63) is 16.4 Å². The van der Waals surface area contributed by atoms with Crippen LogP contribution in [0.1, 0.15) is 12.6 Å². The van der Waals surface area contributed by atoms with Gasteiger partial charge in [0, 0.05) is 7.05 Å². The fourth-order valence-corrected chi connectivity index (χ4v) is 1.50. The standard InChI is InChI=1S/C7H12BrN3O/c1-7(9,4-12)5-3-6(8)10-11(5)2/h3,12H,4,9H2,1-2H3. The van der Waals surface area contributed by atoms with Gasteiger partial charge in [0.15, 0.2) is 0 Å². The maximum Gasteiger partial charge on any atom is 0.128 e. The van der Waals surface area contributed by atoms with Crippen LogP contribution in [0.5, 0.6) is 0 Å². The molecule has 1 rings (SSSR count). The van der Waals surface area contributed by atoms with Gasteiger partial charge in [-0.3, -0.25) is 4.68 Å². The van der Waals surface area contributed by atoms with E-state index in [1.807, 2.05) is 0 Å². The van der Waals surface area contributed by atoms with E-state index in [0.717, 1.165) is 10.3 Å². The molecule has 68 valence electrons. The Bertz CT molecular complexity index is 282. The molecule has 0 aliphatic carbocycles. The van der Waals surface area contributed by atoms with Crippen LogP contribution in [0.2, 0.25) is 0 Å². The number of nitrogens with two attached hydrogens (primary N) is 1. The summed E-state index contributed by atoms with van der Waals surface area (Å²) in [6, 6.07) is 1.80. The highest BCUT2D eigenvalue weighted by Crippen LogP contribution is 2.19. The Morgan fingerprint density at radius 3 is 2.75 bits per heavy atom. The van der Waals surface area contributed by atoms with E-state index in [2.05, 4.69) is 21.0 Å². The second-order valence-electron chi connectivity index (χ2n) is 3.05. The molecule has 0 amide bonds. The summed E-state index contributed by atoms with van der Waals surface area (Å²) >= 11 is 3.24. The summed E-state index contributed by atoms with van der Waals surface area (Å²) in [7, 11) is 1.79. The Balaban J connectivity index is 3.09. The van der Waals surface area contributed by atoms with Gasteiger partial charge in [0.2, 0.25) is 0 Å². The maximum absolute atomic E-state index is 9.00. The van der Waals surface area contributed by atoms with Gasteiger partial charge in [0.25, 0.3) is 0 Å². The first-order chi connectivity index (χ1) is 5.47. The predicted molar refractivity (Wildman–Crippen MR) is 49.5 cm³/mol. The zero-order valence-electron chi connectivity index (χ0n) is 7.08. The van der Waals surface area contributed by atoms with Gasteiger partial charge in [-0.15, -0.1) is 0 Å². The van der Waals surface area contributed by atoms with Gasteiger partial charge in [0.1, 0.15) is 4.60 Å². The molecule has 1 aromatic heterocycles. The van der Waals surface area contributed by atoms with Crippen LogP contribution in [0.4, 0.5) is 0 Å². The average Bonchev–Trinajstić information content (AvgIpc) is 2.31. The molecule has 0 bridgehead atoms. The van der Waals surface area contributed by atoms with Crippen molar-refractivity contribution in [3.8, 4) is 0 Å². The normalized spacial score (nSPS) is 16.1. The lowest BCUT2D eigenvalue weighted by Crippen LogP contribution is -2.38. The van der Waals surface area contributed by atoms with Gasteiger partial charge in [-0.2, -0.15) is 5.10 Å². The minimum absolute atomic E-state index is 0.0982. The van der Waals surface area contributed by atoms with Gasteiger partial charge in [-0.05, 0) is 28.9 Å². The van der Waals surface area contributed by atoms with E-state index in [1.54, 1.807) is 24.7 Å². The molecule has 1 atom stereocenters. The first kappa shape index (κ1) is 9.70. The smallest absolute Gasteiger partial charge is 0.128 e. The second-order valence-corrected chi connectivity index (χ2v) is 3.86. The van der Waals surface area contributed by atoms with E-state index in [1.165, 1.54) is 0 Å². The van der Waals surface area contributed by atoms with Gasteiger partial charge in [-0.25, -0.2) is 0 Å². The second kappa shape index (κ2) is 3.16. The van der Waals surface area contributed by atoms with Gasteiger partial charge < -0.3 is 10.8 Å². The lowest BCUT2D eigenvalue weighted by atomic mass is 10.0. The zero-order chi connectivity index (χ0) is 9.35. The van der Waals surface area contributed by atoms with E-state index in [9.17, 15) is 0 Å². The van der Waals surface area contributed by atoms with Crippen LogP contribution in [0.3, 0.4) is 0 Å². The molecule has 5 heteroatoms. The van der Waals surface area contributed by atoms with Crippen LogP contribution < -0.4 is 5.73 Å². The van der Waals surface area contributed by atoms with Gasteiger partial charge in [0.05, 0.1) is 17.8 Å². The third kappa shape index (κ3) is 1.68. The molecule has 0 aliphatic rings. The third-order valence-electron chi connectivity index (χ3n) is 1.76. The van der Waals surface area contributed by atoms with E-state index < -0.39 is 5.54 Å². The van der Waals surface area contributed by atoms with Crippen LogP contribution >= 0.6 is 15.9 Å². The summed E-state index contributed by atoms with van der Waals surface area (Å²) in [6.45, 7) is 1.66. The average molecular weight is 234 g/mol. The van der Waals surface area contributed by atoms with Crippen LogP contribution in [0.15, 0.2) is 10.7 Å². The molecule has 0 aromatic carbocycles. The molecule has 1 unspecified atom stereocenters. The Morgan fingerprint density at radius 2 is 2.42 bits per heavy atom. The van der Waals surface area contributed by atoms with Crippen molar-refractivity contribution in [2.75, 3.05) is 6.61 Å². The van der Waals surface area contributed by atoms with Crippen LogP contribution in [-0.2, 0) is 12.6 Å². The number of nitrogens with zero attached hydrogens (tertiary/aromatic N) is 2. The summed E-state index contributed by atoms with van der Waals surface area (Å²) in [5.74, 6) is 0. The number of aryl methyl sites for hydroxylation is 1. The van der Waals surface area contributed by atoms with Crippen molar-refractivity contribution in [2.45, 2.75) is 12.5 Å². The van der Waals surface area contributed by atoms with E-state index in [0.29, 0.717) is 0 Å². The molecule has 0 saturated heterocycles. The largest absolute Gasteiger partial charge is 0.394 e. The lowest BCUT2D eigenvalue weighted by molar-refractivity contribution is 0.203. The zero-order valence-corrected chi connectivity index (χ0v) is 8.67. The first-order valence-corrected chi connectivity index (χ1v) is 4.36. The van der Waals surface area contributed by atoms with Crippen LogP contribution in [-0.4, -0.2) is 21.5 Å². The van der Waals surface area contributed by atoms with Crippen molar-refractivity contribution in [3.63, 3.8) is 0 Å². The highest BCUT2D eigenvalue weighted by Gasteiger charge is 2.24. The minimum Gasteiger partial charge on any atom is -0.394 e. The summed E-state index contributed by atoms with van der Waals surface area (Å²) < 4.78 is 2.38. The predicted octanol–water partition coefficient (Wildman–Crippen LogP) is 0.349. The first-order valence-electron chi connectivity index (χ1n) is 3.57.